The van der Waals surface area contributed by atoms with Crippen molar-refractivity contribution < 1.29 is 0 Å². The first kappa shape index (κ1) is 24.2. The van der Waals surface area contributed by atoms with Crippen LogP contribution in [0.25, 0.3) is 0 Å². The molecule has 1 saturated carbocycles. The molecule has 1 aliphatic carbocycles. The summed E-state index contributed by atoms with van der Waals surface area (Å²) in [5, 5.41) is 2.16. The number of halogens is 3. The van der Waals surface area contributed by atoms with E-state index in [0.29, 0.717) is 21.5 Å². The number of hydrogen-bond acceptors (Lipinski definition) is 2. The molecule has 2 aliphatic rings. The minimum atomic E-state index is 0.240. The maximum atomic E-state index is 6.64. The minimum absolute atomic E-state index is 0.240. The average Bonchev–Trinajstić information content (AvgIpc) is 2.79. The number of hydrogen-bond donors (Lipinski definition) is 0. The highest BCUT2D eigenvalue weighted by atomic mass is 35.5. The summed E-state index contributed by atoms with van der Waals surface area (Å²) in [5.41, 5.74) is 2.80. The van der Waals surface area contributed by atoms with Crippen LogP contribution in [0.1, 0.15) is 64.5 Å². The molecule has 1 aliphatic heterocycles. The Bertz CT molecular complexity index is 904. The van der Waals surface area contributed by atoms with E-state index >= 15 is 0 Å². The van der Waals surface area contributed by atoms with E-state index in [0.717, 1.165) is 36.3 Å². The van der Waals surface area contributed by atoms with Gasteiger partial charge in [0.15, 0.2) is 0 Å². The predicted molar refractivity (Wildman–Crippen MR) is 139 cm³/mol. The maximum Gasteiger partial charge on any atom is 0.0670 e. The molecule has 5 heteroatoms. The van der Waals surface area contributed by atoms with Crippen molar-refractivity contribution in [3.63, 3.8) is 0 Å². The van der Waals surface area contributed by atoms with Crippen molar-refractivity contribution >= 4 is 40.5 Å². The smallest absolute Gasteiger partial charge is 0.0670 e. The Morgan fingerprint density at radius 2 is 1.53 bits per heavy atom. The molecule has 1 heterocycles. The van der Waals surface area contributed by atoms with Crippen LogP contribution >= 0.6 is 34.8 Å². The Hall–Kier alpha value is -0.930. The quantitative estimate of drug-likeness (QED) is 0.412. The molecular weight excluding hydrogens is 459 g/mol. The van der Waals surface area contributed by atoms with E-state index in [1.165, 1.54) is 37.7 Å². The summed E-state index contributed by atoms with van der Waals surface area (Å²) in [6.45, 7) is 10.3. The van der Waals surface area contributed by atoms with Gasteiger partial charge in [0.05, 0.1) is 16.8 Å². The molecule has 1 saturated heterocycles. The van der Waals surface area contributed by atoms with Crippen LogP contribution in [0.4, 0.5) is 5.69 Å². The van der Waals surface area contributed by atoms with Gasteiger partial charge in [-0.2, -0.15) is 0 Å². The van der Waals surface area contributed by atoms with Crippen molar-refractivity contribution in [3.05, 3.63) is 63.1 Å². The summed E-state index contributed by atoms with van der Waals surface area (Å²) in [5.74, 6) is 0.852. The minimum Gasteiger partial charge on any atom is -0.361 e. The van der Waals surface area contributed by atoms with E-state index in [4.69, 9.17) is 34.8 Å². The molecule has 32 heavy (non-hydrogen) atoms. The Kier molecular flexibility index (Phi) is 7.67. The third-order valence-electron chi connectivity index (χ3n) is 8.12. The topological polar surface area (TPSA) is 6.48 Å². The molecule has 0 amide bonds. The molecule has 1 unspecified atom stereocenters. The van der Waals surface area contributed by atoms with Gasteiger partial charge in [-0.1, -0.05) is 74.1 Å². The van der Waals surface area contributed by atoms with Crippen molar-refractivity contribution in [3.8, 4) is 0 Å². The Morgan fingerprint density at radius 1 is 0.875 bits per heavy atom. The molecule has 1 atom stereocenters. The number of benzene rings is 2. The van der Waals surface area contributed by atoms with Crippen molar-refractivity contribution in [2.75, 3.05) is 24.5 Å². The van der Waals surface area contributed by atoms with Gasteiger partial charge in [0, 0.05) is 35.7 Å². The molecule has 0 bridgehead atoms. The summed E-state index contributed by atoms with van der Waals surface area (Å²) in [6.07, 6.45) is 6.58. The largest absolute Gasteiger partial charge is 0.361 e. The first-order valence-corrected chi connectivity index (χ1v) is 13.1. The van der Waals surface area contributed by atoms with E-state index in [2.05, 4.69) is 48.8 Å². The lowest BCUT2D eigenvalue weighted by atomic mass is 9.68. The summed E-state index contributed by atoms with van der Waals surface area (Å²) < 4.78 is 0. The van der Waals surface area contributed by atoms with Gasteiger partial charge in [-0.05, 0) is 72.9 Å². The highest BCUT2D eigenvalue weighted by molar-refractivity contribution is 6.36. The second-order valence-corrected chi connectivity index (χ2v) is 11.5. The fourth-order valence-electron chi connectivity index (χ4n) is 5.62. The van der Waals surface area contributed by atoms with Crippen molar-refractivity contribution in [1.82, 2.24) is 4.90 Å². The second kappa shape index (κ2) is 10.1. The van der Waals surface area contributed by atoms with Crippen LogP contribution < -0.4 is 4.90 Å². The molecule has 174 valence electrons. The monoisotopic (exact) mass is 492 g/mol. The number of piperazine rings is 1. The van der Waals surface area contributed by atoms with Gasteiger partial charge < -0.3 is 4.90 Å². The van der Waals surface area contributed by atoms with Gasteiger partial charge in [-0.25, -0.2) is 0 Å². The number of anilines is 1. The lowest BCUT2D eigenvalue weighted by Crippen LogP contribution is -2.53. The fraction of sp³-hybridized carbons (Fsp3) is 0.556. The number of nitrogens with zero attached hydrogens (tertiary/aromatic N) is 2. The van der Waals surface area contributed by atoms with Gasteiger partial charge in [-0.3, -0.25) is 4.90 Å². The van der Waals surface area contributed by atoms with E-state index in [1.807, 2.05) is 24.3 Å². The lowest BCUT2D eigenvalue weighted by Gasteiger charge is -2.48. The van der Waals surface area contributed by atoms with Crippen LogP contribution in [0.3, 0.4) is 0 Å². The van der Waals surface area contributed by atoms with Crippen LogP contribution in [0.5, 0.6) is 0 Å². The molecular formula is C27H35Cl3N2. The molecule has 2 aromatic rings. The fourth-order valence-corrected chi connectivity index (χ4v) is 6.26. The molecule has 0 aromatic heterocycles. The zero-order valence-corrected chi connectivity index (χ0v) is 21.7. The van der Waals surface area contributed by atoms with E-state index in [1.54, 1.807) is 0 Å². The normalized spacial score (nSPS) is 25.2. The zero-order valence-electron chi connectivity index (χ0n) is 19.5. The molecule has 0 spiro atoms. The van der Waals surface area contributed by atoms with Crippen LogP contribution in [0.15, 0.2) is 42.5 Å². The third-order valence-corrected chi connectivity index (χ3v) is 8.91. The van der Waals surface area contributed by atoms with Crippen molar-refractivity contribution in [1.29, 1.82) is 0 Å². The van der Waals surface area contributed by atoms with Crippen LogP contribution in [0.2, 0.25) is 15.1 Å². The van der Waals surface area contributed by atoms with E-state index < -0.39 is 0 Å². The highest BCUT2D eigenvalue weighted by Gasteiger charge is 2.37. The summed E-state index contributed by atoms with van der Waals surface area (Å²) in [7, 11) is 0. The van der Waals surface area contributed by atoms with Crippen LogP contribution in [0, 0.1) is 11.3 Å². The Morgan fingerprint density at radius 3 is 2.16 bits per heavy atom. The highest BCUT2D eigenvalue weighted by Crippen LogP contribution is 2.43. The maximum absolute atomic E-state index is 6.64. The summed E-state index contributed by atoms with van der Waals surface area (Å²) in [4.78, 5) is 5.18. The Labute approximate surface area is 208 Å². The van der Waals surface area contributed by atoms with Gasteiger partial charge in [0.1, 0.15) is 0 Å². The van der Waals surface area contributed by atoms with Crippen molar-refractivity contribution in [2.24, 2.45) is 11.3 Å². The average molecular weight is 494 g/mol. The van der Waals surface area contributed by atoms with Gasteiger partial charge in [-0.15, -0.1) is 0 Å². The molecule has 0 radical (unpaired) electrons. The van der Waals surface area contributed by atoms with Gasteiger partial charge >= 0.3 is 0 Å². The third kappa shape index (κ3) is 5.25. The molecule has 2 nitrogen and oxygen atoms in total. The molecule has 2 aromatic carbocycles. The van der Waals surface area contributed by atoms with E-state index in [9.17, 15) is 0 Å². The first-order chi connectivity index (χ1) is 15.3. The predicted octanol–water partition coefficient (Wildman–Crippen LogP) is 8.51. The van der Waals surface area contributed by atoms with Crippen molar-refractivity contribution in [2.45, 2.75) is 65.0 Å². The summed E-state index contributed by atoms with van der Waals surface area (Å²) in [6, 6.07) is 15.1. The SMILES string of the molecule is CCC(C)(C)C1CCC(N2CCN(c3ccc(Cl)cc3Cl)C(c3ccc(Cl)cc3)C2)CC1. The molecule has 0 N–H and O–H groups in total. The standard InChI is InChI=1S/C27H35Cl3N2/c1-4-27(2,3)20-7-12-23(13-8-20)31-15-16-32(25-14-11-22(29)17-24(25)30)26(18-31)19-5-9-21(28)10-6-19/h5-6,9-11,14,17,20,23,26H,4,7-8,12-13,15-16,18H2,1-3H3. The summed E-state index contributed by atoms with van der Waals surface area (Å²) >= 11 is 19.0. The van der Waals surface area contributed by atoms with Gasteiger partial charge in [0.25, 0.3) is 0 Å². The van der Waals surface area contributed by atoms with Crippen LogP contribution in [-0.2, 0) is 0 Å². The zero-order chi connectivity index (χ0) is 22.9. The lowest BCUT2D eigenvalue weighted by molar-refractivity contribution is 0.0738. The first-order valence-electron chi connectivity index (χ1n) is 12.0. The second-order valence-electron chi connectivity index (χ2n) is 10.2. The number of rotatable bonds is 5. The molecule has 4 rings (SSSR count). The van der Waals surface area contributed by atoms with E-state index in [-0.39, 0.29) is 6.04 Å². The van der Waals surface area contributed by atoms with Gasteiger partial charge in [0.2, 0.25) is 0 Å². The molecule has 2 fully saturated rings. The Balaban J connectivity index is 1.54. The van der Waals surface area contributed by atoms with Crippen LogP contribution in [-0.4, -0.2) is 30.6 Å².